The zero-order valence-corrected chi connectivity index (χ0v) is 9.85. The molecule has 0 radical (unpaired) electrons. The second kappa shape index (κ2) is 4.68. The van der Waals surface area contributed by atoms with Gasteiger partial charge in [0, 0.05) is 23.3 Å². The first-order valence-electron chi connectivity index (χ1n) is 5.22. The van der Waals surface area contributed by atoms with Gasteiger partial charge in [-0.05, 0) is 25.1 Å². The second-order valence-corrected chi connectivity index (χ2v) is 4.19. The molecule has 84 valence electrons. The van der Waals surface area contributed by atoms with Crippen LogP contribution in [0, 0.1) is 0 Å². The lowest BCUT2D eigenvalue weighted by molar-refractivity contribution is 0.506. The van der Waals surface area contributed by atoms with Crippen LogP contribution in [0.2, 0.25) is 5.02 Å². The maximum absolute atomic E-state index is 5.97. The van der Waals surface area contributed by atoms with Crippen molar-refractivity contribution in [1.82, 2.24) is 9.78 Å². The highest BCUT2D eigenvalue weighted by Crippen LogP contribution is 2.24. The van der Waals surface area contributed by atoms with Crippen LogP contribution in [0.1, 0.15) is 13.0 Å². The highest BCUT2D eigenvalue weighted by molar-refractivity contribution is 6.30. The van der Waals surface area contributed by atoms with E-state index in [1.807, 2.05) is 41.9 Å². The van der Waals surface area contributed by atoms with Gasteiger partial charge in [-0.25, -0.2) is 0 Å². The molecule has 0 fully saturated rings. The fourth-order valence-corrected chi connectivity index (χ4v) is 1.83. The zero-order valence-electron chi connectivity index (χ0n) is 9.10. The zero-order chi connectivity index (χ0) is 11.5. The molecule has 0 aliphatic carbocycles. The van der Waals surface area contributed by atoms with E-state index < -0.39 is 0 Å². The van der Waals surface area contributed by atoms with Crippen molar-refractivity contribution in [2.45, 2.75) is 13.0 Å². The Kier molecular flexibility index (Phi) is 3.27. The summed E-state index contributed by atoms with van der Waals surface area (Å²) < 4.78 is 1.92. The third kappa shape index (κ3) is 2.10. The maximum Gasteiger partial charge on any atom is 0.0686 e. The minimum absolute atomic E-state index is 0.184. The van der Waals surface area contributed by atoms with Gasteiger partial charge in [0.2, 0.25) is 0 Å². The number of rotatable bonds is 3. The Morgan fingerprint density at radius 3 is 2.94 bits per heavy atom. The molecule has 1 unspecified atom stereocenters. The number of halogens is 1. The largest absolute Gasteiger partial charge is 0.328 e. The van der Waals surface area contributed by atoms with Gasteiger partial charge in [0.05, 0.1) is 11.7 Å². The average Bonchev–Trinajstić information content (AvgIpc) is 2.77. The Morgan fingerprint density at radius 1 is 1.44 bits per heavy atom. The van der Waals surface area contributed by atoms with Crippen molar-refractivity contribution >= 4 is 11.6 Å². The summed E-state index contributed by atoms with van der Waals surface area (Å²) >= 11 is 5.97. The summed E-state index contributed by atoms with van der Waals surface area (Å²) in [6.45, 7) is 2.61. The summed E-state index contributed by atoms with van der Waals surface area (Å²) in [7, 11) is 0. The van der Waals surface area contributed by atoms with Crippen molar-refractivity contribution in [3.8, 4) is 11.3 Å². The Labute approximate surface area is 99.8 Å². The molecule has 2 aromatic rings. The standard InChI is InChI=1S/C12H14ClN3/c1-9(8-14)16-12(5-6-15-16)10-3-2-4-11(13)7-10/h2-7,9H,8,14H2,1H3. The second-order valence-electron chi connectivity index (χ2n) is 3.76. The summed E-state index contributed by atoms with van der Waals surface area (Å²) in [5, 5.41) is 5.01. The van der Waals surface area contributed by atoms with E-state index in [4.69, 9.17) is 17.3 Å². The van der Waals surface area contributed by atoms with E-state index >= 15 is 0 Å². The van der Waals surface area contributed by atoms with E-state index in [9.17, 15) is 0 Å². The minimum atomic E-state index is 0.184. The van der Waals surface area contributed by atoms with Gasteiger partial charge in [0.1, 0.15) is 0 Å². The van der Waals surface area contributed by atoms with Crippen LogP contribution in [-0.4, -0.2) is 16.3 Å². The van der Waals surface area contributed by atoms with Gasteiger partial charge in [-0.2, -0.15) is 5.10 Å². The molecular formula is C12H14ClN3. The van der Waals surface area contributed by atoms with Crippen LogP contribution < -0.4 is 5.73 Å². The molecule has 0 amide bonds. The number of benzene rings is 1. The first-order valence-corrected chi connectivity index (χ1v) is 5.59. The molecule has 0 aliphatic heterocycles. The van der Waals surface area contributed by atoms with E-state index in [-0.39, 0.29) is 6.04 Å². The number of hydrogen-bond acceptors (Lipinski definition) is 2. The van der Waals surface area contributed by atoms with E-state index in [1.165, 1.54) is 0 Å². The Hall–Kier alpha value is -1.32. The van der Waals surface area contributed by atoms with Gasteiger partial charge in [-0.15, -0.1) is 0 Å². The molecule has 0 saturated heterocycles. The number of hydrogen-bond donors (Lipinski definition) is 1. The van der Waals surface area contributed by atoms with Crippen molar-refractivity contribution in [3.63, 3.8) is 0 Å². The van der Waals surface area contributed by atoms with Gasteiger partial charge < -0.3 is 5.73 Å². The Bertz CT molecular complexity index is 479. The summed E-state index contributed by atoms with van der Waals surface area (Å²) in [5.41, 5.74) is 7.76. The molecule has 0 bridgehead atoms. The van der Waals surface area contributed by atoms with Crippen LogP contribution in [0.5, 0.6) is 0 Å². The lowest BCUT2D eigenvalue weighted by Gasteiger charge is -2.13. The molecule has 1 aromatic carbocycles. The van der Waals surface area contributed by atoms with Crippen molar-refractivity contribution in [2.24, 2.45) is 5.73 Å². The predicted octanol–water partition coefficient (Wildman–Crippen LogP) is 2.72. The van der Waals surface area contributed by atoms with Crippen LogP contribution in [0.4, 0.5) is 0 Å². The third-order valence-electron chi connectivity index (χ3n) is 2.55. The maximum atomic E-state index is 5.97. The van der Waals surface area contributed by atoms with Crippen LogP contribution >= 0.6 is 11.6 Å². The quantitative estimate of drug-likeness (QED) is 0.889. The van der Waals surface area contributed by atoms with Crippen molar-refractivity contribution < 1.29 is 0 Å². The molecule has 4 heteroatoms. The molecule has 16 heavy (non-hydrogen) atoms. The van der Waals surface area contributed by atoms with Gasteiger partial charge in [0.15, 0.2) is 0 Å². The Balaban J connectivity index is 2.44. The molecule has 1 aromatic heterocycles. The molecule has 2 rings (SSSR count). The highest BCUT2D eigenvalue weighted by Gasteiger charge is 2.10. The van der Waals surface area contributed by atoms with Crippen LogP contribution in [-0.2, 0) is 0 Å². The average molecular weight is 236 g/mol. The molecule has 0 spiro atoms. The van der Waals surface area contributed by atoms with E-state index in [2.05, 4.69) is 5.10 Å². The summed E-state index contributed by atoms with van der Waals surface area (Å²) in [4.78, 5) is 0. The van der Waals surface area contributed by atoms with E-state index in [0.29, 0.717) is 6.54 Å². The first-order chi connectivity index (χ1) is 7.72. The Morgan fingerprint density at radius 2 is 2.25 bits per heavy atom. The molecule has 0 saturated carbocycles. The SMILES string of the molecule is CC(CN)n1nccc1-c1cccc(Cl)c1. The summed E-state index contributed by atoms with van der Waals surface area (Å²) in [6.07, 6.45) is 1.78. The van der Waals surface area contributed by atoms with Crippen LogP contribution in [0.3, 0.4) is 0 Å². The predicted molar refractivity (Wildman–Crippen MR) is 66.4 cm³/mol. The van der Waals surface area contributed by atoms with E-state index in [0.717, 1.165) is 16.3 Å². The minimum Gasteiger partial charge on any atom is -0.328 e. The van der Waals surface area contributed by atoms with Gasteiger partial charge in [-0.1, -0.05) is 23.7 Å². The van der Waals surface area contributed by atoms with Crippen molar-refractivity contribution in [1.29, 1.82) is 0 Å². The first kappa shape index (κ1) is 11.2. The monoisotopic (exact) mass is 235 g/mol. The molecular weight excluding hydrogens is 222 g/mol. The van der Waals surface area contributed by atoms with Crippen molar-refractivity contribution in [3.05, 3.63) is 41.6 Å². The van der Waals surface area contributed by atoms with Gasteiger partial charge >= 0.3 is 0 Å². The fourth-order valence-electron chi connectivity index (χ4n) is 1.64. The smallest absolute Gasteiger partial charge is 0.0686 e. The summed E-state index contributed by atoms with van der Waals surface area (Å²) in [5.74, 6) is 0. The van der Waals surface area contributed by atoms with Gasteiger partial charge in [-0.3, -0.25) is 4.68 Å². The highest BCUT2D eigenvalue weighted by atomic mass is 35.5. The summed E-state index contributed by atoms with van der Waals surface area (Å²) in [6, 6.07) is 9.89. The van der Waals surface area contributed by atoms with Crippen molar-refractivity contribution in [2.75, 3.05) is 6.54 Å². The van der Waals surface area contributed by atoms with E-state index in [1.54, 1.807) is 6.20 Å². The molecule has 1 atom stereocenters. The van der Waals surface area contributed by atoms with Gasteiger partial charge in [0.25, 0.3) is 0 Å². The molecule has 0 aliphatic rings. The molecule has 2 N–H and O–H groups in total. The number of nitrogens with zero attached hydrogens (tertiary/aromatic N) is 2. The van der Waals surface area contributed by atoms with Crippen LogP contribution in [0.25, 0.3) is 11.3 Å². The lowest BCUT2D eigenvalue weighted by atomic mass is 10.1. The molecule has 1 heterocycles. The lowest BCUT2D eigenvalue weighted by Crippen LogP contribution is -2.17. The van der Waals surface area contributed by atoms with Crippen LogP contribution in [0.15, 0.2) is 36.5 Å². The fraction of sp³-hybridized carbons (Fsp3) is 0.250. The topological polar surface area (TPSA) is 43.8 Å². The molecule has 3 nitrogen and oxygen atoms in total. The normalized spacial score (nSPS) is 12.7. The third-order valence-corrected chi connectivity index (χ3v) is 2.78. The number of aromatic nitrogens is 2. The number of nitrogens with two attached hydrogens (primary N) is 1.